The molecule has 0 saturated heterocycles. The van der Waals surface area contributed by atoms with Gasteiger partial charge < -0.3 is 14.7 Å². The van der Waals surface area contributed by atoms with Gasteiger partial charge in [0, 0.05) is 0 Å². The average molecular weight is 188 g/mol. The Morgan fingerprint density at radius 1 is 1.23 bits per heavy atom. The minimum absolute atomic E-state index is 0. The Labute approximate surface area is 99.5 Å². The van der Waals surface area contributed by atoms with Crippen LogP contribution in [0.25, 0.3) is 6.08 Å². The van der Waals surface area contributed by atoms with Gasteiger partial charge in [0.2, 0.25) is 0 Å². The molecular weight excluding hydrogens is 178 g/mol. The molecule has 64 valence electrons. The summed E-state index contributed by atoms with van der Waals surface area (Å²) in [6.45, 7) is 3.58. The van der Waals surface area contributed by atoms with E-state index in [2.05, 4.69) is 11.2 Å². The molecule has 0 spiro atoms. The number of rotatable bonds is 3. The zero-order valence-corrected chi connectivity index (χ0v) is 6.47. The molecule has 0 bridgehead atoms. The second-order valence-corrected chi connectivity index (χ2v) is 2.22. The Morgan fingerprint density at radius 2 is 1.77 bits per heavy atom. The van der Waals surface area contributed by atoms with Gasteiger partial charge in [-0.2, -0.15) is 0 Å². The molecule has 0 heterocycles. The van der Waals surface area contributed by atoms with Crippen molar-refractivity contribution in [3.63, 3.8) is 0 Å². The summed E-state index contributed by atoms with van der Waals surface area (Å²) in [5.74, 6) is 0.413. The van der Waals surface area contributed by atoms with Gasteiger partial charge in [-0.25, -0.2) is 0 Å². The molecular formula is C8H10BNaO3. The first-order valence-corrected chi connectivity index (χ1v) is 3.47. The second-order valence-electron chi connectivity index (χ2n) is 2.22. The van der Waals surface area contributed by atoms with Gasteiger partial charge in [0.15, 0.2) is 0 Å². The Bertz CT molecular complexity index is 261. The van der Waals surface area contributed by atoms with Gasteiger partial charge in [0.05, 0.1) is 0 Å². The van der Waals surface area contributed by atoms with E-state index in [1.165, 1.54) is 0 Å². The van der Waals surface area contributed by atoms with E-state index in [-0.39, 0.29) is 29.6 Å². The summed E-state index contributed by atoms with van der Waals surface area (Å²) < 4.78 is 4.59. The van der Waals surface area contributed by atoms with Crippen LogP contribution in [0, 0.1) is 0 Å². The van der Waals surface area contributed by atoms with E-state index in [0.29, 0.717) is 5.75 Å². The normalized spacial score (nSPS) is 8.46. The third-order valence-corrected chi connectivity index (χ3v) is 1.36. The fraction of sp³-hybridized carbons (Fsp3) is 0. The molecule has 0 saturated carbocycles. The molecule has 1 rings (SSSR count). The van der Waals surface area contributed by atoms with Gasteiger partial charge in [0.1, 0.15) is 5.75 Å². The molecule has 1 aromatic carbocycles. The molecule has 1 aromatic rings. The Hall–Kier alpha value is -0.255. The third-order valence-electron chi connectivity index (χ3n) is 1.36. The molecule has 0 aliphatic rings. The first-order valence-electron chi connectivity index (χ1n) is 3.47. The minimum atomic E-state index is -1.76. The van der Waals surface area contributed by atoms with Crippen LogP contribution >= 0.6 is 0 Å². The van der Waals surface area contributed by atoms with Crippen LogP contribution in [-0.4, -0.2) is 46.9 Å². The zero-order valence-electron chi connectivity index (χ0n) is 6.47. The molecule has 0 fully saturated rings. The average Bonchev–Trinajstić information content (AvgIpc) is 2.05. The van der Waals surface area contributed by atoms with Crippen molar-refractivity contribution < 1.29 is 14.7 Å². The summed E-state index contributed by atoms with van der Waals surface area (Å²) in [7, 11) is -1.76. The quantitative estimate of drug-likeness (QED) is 0.657. The number of hydrogen-bond acceptors (Lipinski definition) is 3. The van der Waals surface area contributed by atoms with Gasteiger partial charge in [0.25, 0.3) is 0 Å². The van der Waals surface area contributed by atoms with Crippen LogP contribution in [0.2, 0.25) is 0 Å². The van der Waals surface area contributed by atoms with Crippen molar-refractivity contribution in [2.24, 2.45) is 0 Å². The van der Waals surface area contributed by atoms with E-state index in [9.17, 15) is 0 Å². The van der Waals surface area contributed by atoms with Crippen LogP contribution in [0.5, 0.6) is 5.75 Å². The maximum atomic E-state index is 8.45. The molecule has 0 aromatic heterocycles. The fourth-order valence-electron chi connectivity index (χ4n) is 0.804. The van der Waals surface area contributed by atoms with Gasteiger partial charge >= 0.3 is 36.9 Å². The molecule has 0 atom stereocenters. The van der Waals surface area contributed by atoms with E-state index in [1.54, 1.807) is 30.3 Å². The summed E-state index contributed by atoms with van der Waals surface area (Å²) in [5.41, 5.74) is 0.953. The van der Waals surface area contributed by atoms with Crippen LogP contribution in [0.1, 0.15) is 5.56 Å². The van der Waals surface area contributed by atoms with Crippen LogP contribution in [-0.2, 0) is 0 Å². The summed E-state index contributed by atoms with van der Waals surface area (Å²) in [4.78, 5) is 0. The van der Waals surface area contributed by atoms with Crippen molar-refractivity contribution >= 4 is 43.0 Å². The van der Waals surface area contributed by atoms with Gasteiger partial charge in [-0.3, -0.25) is 0 Å². The fourth-order valence-corrected chi connectivity index (χ4v) is 0.804. The van der Waals surface area contributed by atoms with Gasteiger partial charge in [-0.15, -0.1) is 0 Å². The molecule has 13 heavy (non-hydrogen) atoms. The summed E-state index contributed by atoms with van der Waals surface area (Å²) in [6, 6.07) is 6.81. The SMILES string of the molecule is C=Cc1ccc(OB(O)O)cc1.[NaH]. The topological polar surface area (TPSA) is 49.7 Å². The summed E-state index contributed by atoms with van der Waals surface area (Å²) in [6.07, 6.45) is 1.69. The first-order chi connectivity index (χ1) is 5.72. The van der Waals surface area contributed by atoms with Crippen LogP contribution in [0.3, 0.4) is 0 Å². The van der Waals surface area contributed by atoms with Crippen molar-refractivity contribution in [2.45, 2.75) is 0 Å². The monoisotopic (exact) mass is 188 g/mol. The van der Waals surface area contributed by atoms with E-state index >= 15 is 0 Å². The molecule has 0 unspecified atom stereocenters. The van der Waals surface area contributed by atoms with Crippen molar-refractivity contribution in [3.05, 3.63) is 36.4 Å². The standard InChI is InChI=1S/C8H9BO3.Na.H/c1-2-7-3-5-8(6-4-7)12-9(10)11;;/h2-6,10-11H,1H2;;. The maximum absolute atomic E-state index is 8.45. The predicted molar refractivity (Wildman–Crippen MR) is 54.5 cm³/mol. The Balaban J connectivity index is 0.00000144. The zero-order chi connectivity index (χ0) is 8.97. The molecule has 0 aliphatic carbocycles. The number of benzene rings is 1. The van der Waals surface area contributed by atoms with E-state index in [1.807, 2.05) is 0 Å². The van der Waals surface area contributed by atoms with Gasteiger partial charge in [-0.1, -0.05) is 24.8 Å². The Morgan fingerprint density at radius 3 is 2.15 bits per heavy atom. The van der Waals surface area contributed by atoms with Crippen molar-refractivity contribution in [3.8, 4) is 5.75 Å². The van der Waals surface area contributed by atoms with E-state index in [0.717, 1.165) is 5.56 Å². The van der Waals surface area contributed by atoms with E-state index < -0.39 is 7.32 Å². The van der Waals surface area contributed by atoms with Crippen LogP contribution < -0.4 is 4.65 Å². The molecule has 0 aliphatic heterocycles. The third kappa shape index (κ3) is 4.50. The van der Waals surface area contributed by atoms with E-state index in [4.69, 9.17) is 10.0 Å². The van der Waals surface area contributed by atoms with Crippen molar-refractivity contribution in [1.82, 2.24) is 0 Å². The molecule has 2 N–H and O–H groups in total. The van der Waals surface area contributed by atoms with Crippen molar-refractivity contribution in [1.29, 1.82) is 0 Å². The Kier molecular flexibility index (Phi) is 6.11. The number of hydrogen-bond donors (Lipinski definition) is 2. The molecule has 3 nitrogen and oxygen atoms in total. The van der Waals surface area contributed by atoms with Crippen LogP contribution in [0.15, 0.2) is 30.8 Å². The molecule has 0 amide bonds. The summed E-state index contributed by atoms with van der Waals surface area (Å²) >= 11 is 0. The van der Waals surface area contributed by atoms with Gasteiger partial charge in [-0.05, 0) is 17.7 Å². The van der Waals surface area contributed by atoms with Crippen LogP contribution in [0.4, 0.5) is 0 Å². The molecule has 5 heteroatoms. The summed E-state index contributed by atoms with van der Waals surface area (Å²) in [5, 5.41) is 16.9. The predicted octanol–water partition coefficient (Wildman–Crippen LogP) is 0.0294. The molecule has 0 radical (unpaired) electrons. The van der Waals surface area contributed by atoms with Crippen molar-refractivity contribution in [2.75, 3.05) is 0 Å². The first kappa shape index (κ1) is 12.7. The second kappa shape index (κ2) is 6.24.